The lowest BCUT2D eigenvalue weighted by Gasteiger charge is -2.25. The van der Waals surface area contributed by atoms with Gasteiger partial charge in [0.15, 0.2) is 0 Å². The van der Waals surface area contributed by atoms with Crippen LogP contribution in [0, 0.1) is 11.8 Å². The maximum absolute atomic E-state index is 12.0. The second-order valence-electron chi connectivity index (χ2n) is 6.03. The first-order valence-corrected chi connectivity index (χ1v) is 7.06. The standard InChI is InChI=1S/C14H28N2O2/c1-10(2)8-13-15-12(5)14(17)16(13)6-7-18-9-11(3)4/h10-13,15H,6-9H2,1-5H3. The predicted molar refractivity (Wildman–Crippen MR) is 73.2 cm³/mol. The average Bonchev–Trinajstić information content (AvgIpc) is 2.50. The minimum absolute atomic E-state index is 0.0566. The minimum Gasteiger partial charge on any atom is -0.379 e. The quantitative estimate of drug-likeness (QED) is 0.707. The van der Waals surface area contributed by atoms with Gasteiger partial charge in [0.05, 0.1) is 18.8 Å². The molecule has 0 bridgehead atoms. The first-order valence-electron chi connectivity index (χ1n) is 7.06. The number of amides is 1. The van der Waals surface area contributed by atoms with Gasteiger partial charge >= 0.3 is 0 Å². The highest BCUT2D eigenvalue weighted by Crippen LogP contribution is 2.17. The van der Waals surface area contributed by atoms with Crippen molar-refractivity contribution in [1.82, 2.24) is 10.2 Å². The van der Waals surface area contributed by atoms with Gasteiger partial charge in [0.25, 0.3) is 0 Å². The van der Waals surface area contributed by atoms with Crippen molar-refractivity contribution >= 4 is 5.91 Å². The van der Waals surface area contributed by atoms with Crippen molar-refractivity contribution in [2.75, 3.05) is 19.8 Å². The van der Waals surface area contributed by atoms with Crippen LogP contribution in [-0.2, 0) is 9.53 Å². The number of carbonyl (C=O) groups excluding carboxylic acids is 1. The van der Waals surface area contributed by atoms with Gasteiger partial charge in [-0.25, -0.2) is 0 Å². The molecule has 0 aromatic heterocycles. The Kier molecular flexibility index (Phi) is 6.09. The lowest BCUT2D eigenvalue weighted by Crippen LogP contribution is -2.40. The fourth-order valence-corrected chi connectivity index (χ4v) is 2.24. The summed E-state index contributed by atoms with van der Waals surface area (Å²) >= 11 is 0. The molecule has 4 nitrogen and oxygen atoms in total. The van der Waals surface area contributed by atoms with Crippen LogP contribution in [0.5, 0.6) is 0 Å². The monoisotopic (exact) mass is 256 g/mol. The van der Waals surface area contributed by atoms with E-state index in [-0.39, 0.29) is 18.1 Å². The maximum Gasteiger partial charge on any atom is 0.240 e. The normalized spacial score (nSPS) is 24.6. The molecule has 0 aromatic rings. The van der Waals surface area contributed by atoms with Crippen molar-refractivity contribution in [3.63, 3.8) is 0 Å². The van der Waals surface area contributed by atoms with Crippen LogP contribution in [0.25, 0.3) is 0 Å². The average molecular weight is 256 g/mol. The van der Waals surface area contributed by atoms with E-state index in [1.807, 2.05) is 11.8 Å². The number of nitrogens with one attached hydrogen (secondary N) is 1. The molecule has 1 N–H and O–H groups in total. The molecular formula is C14H28N2O2. The van der Waals surface area contributed by atoms with Crippen LogP contribution in [0.2, 0.25) is 0 Å². The van der Waals surface area contributed by atoms with E-state index in [0.717, 1.165) is 13.0 Å². The molecule has 0 radical (unpaired) electrons. The smallest absolute Gasteiger partial charge is 0.240 e. The van der Waals surface area contributed by atoms with E-state index in [1.54, 1.807) is 0 Å². The molecule has 0 aromatic carbocycles. The largest absolute Gasteiger partial charge is 0.379 e. The lowest BCUT2D eigenvalue weighted by molar-refractivity contribution is -0.130. The van der Waals surface area contributed by atoms with E-state index >= 15 is 0 Å². The molecule has 2 unspecified atom stereocenters. The van der Waals surface area contributed by atoms with Crippen LogP contribution < -0.4 is 5.32 Å². The van der Waals surface area contributed by atoms with Crippen LogP contribution in [-0.4, -0.2) is 42.8 Å². The zero-order valence-corrected chi connectivity index (χ0v) is 12.4. The summed E-state index contributed by atoms with van der Waals surface area (Å²) in [5.74, 6) is 1.33. The van der Waals surface area contributed by atoms with Gasteiger partial charge in [-0.15, -0.1) is 0 Å². The van der Waals surface area contributed by atoms with Gasteiger partial charge in [0, 0.05) is 13.2 Å². The Balaban J connectivity index is 2.41. The number of hydrogen-bond acceptors (Lipinski definition) is 3. The Bertz CT molecular complexity index is 267. The minimum atomic E-state index is -0.0566. The number of nitrogens with zero attached hydrogens (tertiary/aromatic N) is 1. The molecular weight excluding hydrogens is 228 g/mol. The van der Waals surface area contributed by atoms with Crippen molar-refractivity contribution < 1.29 is 9.53 Å². The van der Waals surface area contributed by atoms with Crippen LogP contribution >= 0.6 is 0 Å². The third-order valence-electron chi connectivity index (χ3n) is 3.09. The van der Waals surface area contributed by atoms with Gasteiger partial charge in [-0.1, -0.05) is 27.7 Å². The summed E-state index contributed by atoms with van der Waals surface area (Å²) in [7, 11) is 0. The fourth-order valence-electron chi connectivity index (χ4n) is 2.24. The first kappa shape index (κ1) is 15.4. The molecule has 0 spiro atoms. The van der Waals surface area contributed by atoms with Gasteiger partial charge < -0.3 is 9.64 Å². The molecule has 1 amide bonds. The van der Waals surface area contributed by atoms with Crippen LogP contribution in [0.3, 0.4) is 0 Å². The zero-order valence-electron chi connectivity index (χ0n) is 12.4. The molecule has 1 aliphatic heterocycles. The molecule has 4 heteroatoms. The molecule has 18 heavy (non-hydrogen) atoms. The molecule has 0 saturated carbocycles. The number of rotatable bonds is 7. The zero-order chi connectivity index (χ0) is 13.7. The summed E-state index contributed by atoms with van der Waals surface area (Å²) in [5.41, 5.74) is 0. The lowest BCUT2D eigenvalue weighted by atomic mass is 10.1. The molecule has 1 rings (SSSR count). The molecule has 1 fully saturated rings. The second-order valence-corrected chi connectivity index (χ2v) is 6.03. The Morgan fingerprint density at radius 2 is 1.94 bits per heavy atom. The topological polar surface area (TPSA) is 41.6 Å². The van der Waals surface area contributed by atoms with Gasteiger partial charge in [-0.3, -0.25) is 10.1 Å². The third-order valence-corrected chi connectivity index (χ3v) is 3.09. The molecule has 2 atom stereocenters. The highest BCUT2D eigenvalue weighted by atomic mass is 16.5. The van der Waals surface area contributed by atoms with Crippen molar-refractivity contribution in [2.45, 2.75) is 53.2 Å². The van der Waals surface area contributed by atoms with Gasteiger partial charge in [-0.2, -0.15) is 0 Å². The van der Waals surface area contributed by atoms with E-state index in [4.69, 9.17) is 4.74 Å². The predicted octanol–water partition coefficient (Wildman–Crippen LogP) is 1.85. The Morgan fingerprint density at radius 3 is 2.50 bits per heavy atom. The van der Waals surface area contributed by atoms with Gasteiger partial charge in [0.1, 0.15) is 0 Å². The van der Waals surface area contributed by atoms with E-state index in [0.29, 0.717) is 25.0 Å². The summed E-state index contributed by atoms with van der Waals surface area (Å²) in [6.07, 6.45) is 1.18. The molecule has 1 saturated heterocycles. The van der Waals surface area contributed by atoms with Gasteiger partial charge in [-0.05, 0) is 25.2 Å². The number of hydrogen-bond donors (Lipinski definition) is 1. The highest BCUT2D eigenvalue weighted by Gasteiger charge is 2.35. The Hall–Kier alpha value is -0.610. The van der Waals surface area contributed by atoms with Crippen molar-refractivity contribution in [3.05, 3.63) is 0 Å². The highest BCUT2D eigenvalue weighted by molar-refractivity contribution is 5.83. The van der Waals surface area contributed by atoms with E-state index < -0.39 is 0 Å². The summed E-state index contributed by atoms with van der Waals surface area (Å²) in [4.78, 5) is 14.0. The van der Waals surface area contributed by atoms with Crippen LogP contribution in [0.15, 0.2) is 0 Å². The number of carbonyl (C=O) groups is 1. The summed E-state index contributed by atoms with van der Waals surface area (Å²) in [6.45, 7) is 12.7. The fraction of sp³-hybridized carbons (Fsp3) is 0.929. The van der Waals surface area contributed by atoms with Gasteiger partial charge in [0.2, 0.25) is 5.91 Å². The van der Waals surface area contributed by atoms with E-state index in [1.165, 1.54) is 0 Å². The van der Waals surface area contributed by atoms with Crippen LogP contribution in [0.4, 0.5) is 0 Å². The van der Waals surface area contributed by atoms with Crippen molar-refractivity contribution in [2.24, 2.45) is 11.8 Å². The molecule has 0 aliphatic carbocycles. The van der Waals surface area contributed by atoms with Crippen molar-refractivity contribution in [3.8, 4) is 0 Å². The third kappa shape index (κ3) is 4.58. The molecule has 106 valence electrons. The summed E-state index contributed by atoms with van der Waals surface area (Å²) < 4.78 is 5.57. The van der Waals surface area contributed by atoms with E-state index in [9.17, 15) is 4.79 Å². The van der Waals surface area contributed by atoms with Crippen molar-refractivity contribution in [1.29, 1.82) is 0 Å². The molecule has 1 heterocycles. The Labute approximate surface area is 111 Å². The van der Waals surface area contributed by atoms with Crippen LogP contribution in [0.1, 0.15) is 41.0 Å². The number of ether oxygens (including phenoxy) is 1. The Morgan fingerprint density at radius 1 is 1.28 bits per heavy atom. The second kappa shape index (κ2) is 7.10. The SMILES string of the molecule is CC(C)COCCN1C(=O)C(C)NC1CC(C)C. The molecule has 1 aliphatic rings. The first-order chi connectivity index (χ1) is 8.41. The summed E-state index contributed by atoms with van der Waals surface area (Å²) in [6, 6.07) is -0.0566. The van der Waals surface area contributed by atoms with E-state index in [2.05, 4.69) is 33.0 Å². The summed E-state index contributed by atoms with van der Waals surface area (Å²) in [5, 5.41) is 3.36. The maximum atomic E-state index is 12.0.